The second-order valence-corrected chi connectivity index (χ2v) is 5.76. The molecule has 94 valence electrons. The second kappa shape index (κ2) is 4.93. The van der Waals surface area contributed by atoms with Gasteiger partial charge in [-0.05, 0) is 12.1 Å². The first kappa shape index (κ1) is 12.6. The molecule has 0 atom stereocenters. The van der Waals surface area contributed by atoms with Crippen LogP contribution in [-0.2, 0) is 0 Å². The van der Waals surface area contributed by atoms with Crippen molar-refractivity contribution < 1.29 is 0 Å². The van der Waals surface area contributed by atoms with Crippen molar-refractivity contribution in [3.63, 3.8) is 0 Å². The highest BCUT2D eigenvalue weighted by atomic mass is 35.5. The Morgan fingerprint density at radius 3 is 2.53 bits per heavy atom. The van der Waals surface area contributed by atoms with Crippen LogP contribution in [0.1, 0.15) is 0 Å². The topological polar surface area (TPSA) is 30.0 Å². The minimum Gasteiger partial charge on any atom is -0.277 e. The molecule has 1 aromatic heterocycles. The van der Waals surface area contributed by atoms with E-state index in [9.17, 15) is 4.79 Å². The highest BCUT2D eigenvalue weighted by molar-refractivity contribution is 7.13. The first-order valence-corrected chi connectivity index (χ1v) is 7.08. The summed E-state index contributed by atoms with van der Waals surface area (Å²) in [5.74, 6) is 0. The average Bonchev–Trinajstić information content (AvgIpc) is 2.41. The molecule has 5 heteroatoms. The maximum Gasteiger partial charge on any atom is 0.243 e. The minimum absolute atomic E-state index is 0.0896. The van der Waals surface area contributed by atoms with E-state index in [1.807, 2.05) is 30.3 Å². The summed E-state index contributed by atoms with van der Waals surface area (Å²) in [7, 11) is 0. The number of aromatic nitrogens is 1. The fraction of sp³-hybridized carbons (Fsp3) is 0. The highest BCUT2D eigenvalue weighted by Gasteiger charge is 2.10. The number of hydrogen-bond donors (Lipinski definition) is 0. The lowest BCUT2D eigenvalue weighted by Crippen LogP contribution is -1.99. The molecular weight excluding hydrogens is 301 g/mol. The van der Waals surface area contributed by atoms with Crippen LogP contribution in [0.3, 0.4) is 0 Å². The van der Waals surface area contributed by atoms with Crippen molar-refractivity contribution in [3.05, 3.63) is 62.0 Å². The molecule has 2 aromatic carbocycles. The van der Waals surface area contributed by atoms with E-state index in [4.69, 9.17) is 23.2 Å². The lowest BCUT2D eigenvalue weighted by atomic mass is 10.2. The summed E-state index contributed by atoms with van der Waals surface area (Å²) in [6.07, 6.45) is 0. The van der Waals surface area contributed by atoms with Crippen molar-refractivity contribution in [1.29, 1.82) is 0 Å². The molecule has 0 bridgehead atoms. The maximum absolute atomic E-state index is 12.1. The van der Waals surface area contributed by atoms with Gasteiger partial charge in [-0.2, -0.15) is 0 Å². The minimum atomic E-state index is -0.0896. The molecule has 0 amide bonds. The van der Waals surface area contributed by atoms with Crippen LogP contribution >= 0.6 is 34.5 Å². The molecule has 0 saturated carbocycles. The molecule has 0 radical (unpaired) electrons. The van der Waals surface area contributed by atoms with E-state index in [0.29, 0.717) is 26.0 Å². The van der Waals surface area contributed by atoms with Crippen LogP contribution in [0, 0.1) is 0 Å². The lowest BCUT2D eigenvalue weighted by molar-refractivity contribution is 1.45. The SMILES string of the molecule is O=c1sc(-c2ccccc2)nc2c(Cl)cc(Cl)cc12. The van der Waals surface area contributed by atoms with Crippen molar-refractivity contribution in [3.8, 4) is 10.6 Å². The zero-order valence-corrected chi connectivity index (χ0v) is 11.9. The van der Waals surface area contributed by atoms with E-state index >= 15 is 0 Å². The molecule has 0 aliphatic heterocycles. The molecule has 0 fully saturated rings. The third kappa shape index (κ3) is 2.37. The van der Waals surface area contributed by atoms with Crippen LogP contribution in [0.25, 0.3) is 21.5 Å². The van der Waals surface area contributed by atoms with Crippen molar-refractivity contribution >= 4 is 45.4 Å². The fourth-order valence-corrected chi connectivity index (χ4v) is 3.17. The third-order valence-electron chi connectivity index (χ3n) is 2.67. The zero-order valence-electron chi connectivity index (χ0n) is 9.56. The Kier molecular flexibility index (Phi) is 3.27. The van der Waals surface area contributed by atoms with Gasteiger partial charge in [-0.15, -0.1) is 0 Å². The number of benzene rings is 2. The van der Waals surface area contributed by atoms with Crippen LogP contribution < -0.4 is 4.74 Å². The van der Waals surface area contributed by atoms with Gasteiger partial charge in [-0.3, -0.25) is 4.79 Å². The predicted molar refractivity (Wildman–Crippen MR) is 81.3 cm³/mol. The van der Waals surface area contributed by atoms with E-state index in [-0.39, 0.29) is 4.74 Å². The molecule has 0 unspecified atom stereocenters. The van der Waals surface area contributed by atoms with Crippen LogP contribution in [0.15, 0.2) is 47.3 Å². The monoisotopic (exact) mass is 307 g/mol. The second-order valence-electron chi connectivity index (χ2n) is 3.96. The lowest BCUT2D eigenvalue weighted by Gasteiger charge is -2.03. The number of rotatable bonds is 1. The Balaban J connectivity index is 2.34. The van der Waals surface area contributed by atoms with Gasteiger partial charge in [0.05, 0.1) is 15.9 Å². The van der Waals surface area contributed by atoms with Gasteiger partial charge >= 0.3 is 0 Å². The van der Waals surface area contributed by atoms with E-state index in [1.54, 1.807) is 12.1 Å². The van der Waals surface area contributed by atoms with Gasteiger partial charge in [-0.1, -0.05) is 64.9 Å². The first-order chi connectivity index (χ1) is 9.15. The molecule has 2 nitrogen and oxygen atoms in total. The maximum atomic E-state index is 12.1. The number of fused-ring (bicyclic) bond motifs is 1. The van der Waals surface area contributed by atoms with Gasteiger partial charge in [0.2, 0.25) is 4.74 Å². The van der Waals surface area contributed by atoms with Gasteiger partial charge in [0.1, 0.15) is 5.01 Å². The smallest absolute Gasteiger partial charge is 0.243 e. The quantitative estimate of drug-likeness (QED) is 0.656. The molecule has 0 N–H and O–H groups in total. The highest BCUT2D eigenvalue weighted by Crippen LogP contribution is 2.28. The average molecular weight is 308 g/mol. The Morgan fingerprint density at radius 1 is 1.05 bits per heavy atom. The Hall–Kier alpha value is -1.42. The number of nitrogens with zero attached hydrogens (tertiary/aromatic N) is 1. The van der Waals surface area contributed by atoms with Crippen LogP contribution in [-0.4, -0.2) is 4.98 Å². The molecule has 1 heterocycles. The number of hydrogen-bond acceptors (Lipinski definition) is 3. The summed E-state index contributed by atoms with van der Waals surface area (Å²) >= 11 is 13.1. The Labute approximate surface area is 123 Å². The summed E-state index contributed by atoms with van der Waals surface area (Å²) in [5.41, 5.74) is 1.39. The third-order valence-corrected chi connectivity index (χ3v) is 4.10. The summed E-state index contributed by atoms with van der Waals surface area (Å²) in [4.78, 5) is 16.6. The van der Waals surface area contributed by atoms with Gasteiger partial charge in [0.15, 0.2) is 0 Å². The molecule has 3 aromatic rings. The molecule has 0 saturated heterocycles. The van der Waals surface area contributed by atoms with Gasteiger partial charge < -0.3 is 0 Å². The Morgan fingerprint density at radius 2 is 1.79 bits per heavy atom. The van der Waals surface area contributed by atoms with Crippen LogP contribution in [0.4, 0.5) is 0 Å². The van der Waals surface area contributed by atoms with Crippen molar-refractivity contribution in [2.24, 2.45) is 0 Å². The van der Waals surface area contributed by atoms with E-state index in [2.05, 4.69) is 4.98 Å². The van der Waals surface area contributed by atoms with Crippen LogP contribution in [0.2, 0.25) is 10.0 Å². The van der Waals surface area contributed by atoms with Gasteiger partial charge in [-0.25, -0.2) is 4.98 Å². The molecule has 0 spiro atoms. The van der Waals surface area contributed by atoms with Crippen molar-refractivity contribution in [2.45, 2.75) is 0 Å². The summed E-state index contributed by atoms with van der Waals surface area (Å²) in [6.45, 7) is 0. The summed E-state index contributed by atoms with van der Waals surface area (Å²) in [6, 6.07) is 12.7. The molecule has 0 aliphatic carbocycles. The summed E-state index contributed by atoms with van der Waals surface area (Å²) < 4.78 is -0.0896. The number of halogens is 2. The van der Waals surface area contributed by atoms with E-state index < -0.39 is 0 Å². The van der Waals surface area contributed by atoms with Gasteiger partial charge in [0.25, 0.3) is 0 Å². The van der Waals surface area contributed by atoms with Crippen LogP contribution in [0.5, 0.6) is 0 Å². The first-order valence-electron chi connectivity index (χ1n) is 5.50. The van der Waals surface area contributed by atoms with E-state index in [1.165, 1.54) is 0 Å². The molecule has 19 heavy (non-hydrogen) atoms. The molecular formula is C14H7Cl2NOS. The summed E-state index contributed by atoms with van der Waals surface area (Å²) in [5, 5.41) is 1.95. The fourth-order valence-electron chi connectivity index (χ4n) is 1.81. The van der Waals surface area contributed by atoms with E-state index in [0.717, 1.165) is 16.9 Å². The standard InChI is InChI=1S/C14H7Cl2NOS/c15-9-6-10-12(11(16)7-9)17-13(19-14(10)18)8-4-2-1-3-5-8/h1-7H. The van der Waals surface area contributed by atoms with Gasteiger partial charge in [0, 0.05) is 10.6 Å². The molecule has 3 rings (SSSR count). The predicted octanol–water partition coefficient (Wildman–Crippen LogP) is 4.63. The Bertz CT molecular complexity index is 815. The zero-order chi connectivity index (χ0) is 13.4. The normalized spacial score (nSPS) is 10.8. The van der Waals surface area contributed by atoms with Crippen molar-refractivity contribution in [2.75, 3.05) is 0 Å². The molecule has 0 aliphatic rings. The van der Waals surface area contributed by atoms with Crippen molar-refractivity contribution in [1.82, 2.24) is 4.98 Å². The largest absolute Gasteiger partial charge is 0.277 e.